The topological polar surface area (TPSA) is 363 Å². The Morgan fingerprint density at radius 3 is 1.80 bits per heavy atom. The molecule has 2 bridgehead atoms. The molecule has 11 aliphatic rings. The predicted octanol–water partition coefficient (Wildman–Crippen LogP) is -2.12. The van der Waals surface area contributed by atoms with Gasteiger partial charge in [-0.05, 0) is 123 Å². The monoisotopic (exact) mass is 1090 g/mol. The highest BCUT2D eigenvalue weighted by molar-refractivity contribution is 5.86. The maximum atomic E-state index is 13.9. The highest BCUT2D eigenvalue weighted by Crippen LogP contribution is 2.77. The van der Waals surface area contributed by atoms with Gasteiger partial charge in [0, 0.05) is 0 Å². The van der Waals surface area contributed by atoms with E-state index in [1.807, 2.05) is 0 Å². The van der Waals surface area contributed by atoms with E-state index in [1.54, 1.807) is 13.8 Å². The molecule has 0 amide bonds. The second-order valence-electron chi connectivity index (χ2n) is 25.9. The third kappa shape index (κ3) is 8.33. The van der Waals surface area contributed by atoms with Gasteiger partial charge in [0.15, 0.2) is 25.2 Å². The lowest BCUT2D eigenvalue weighted by molar-refractivity contribution is -0.401. The Bertz CT molecular complexity index is 2200. The van der Waals surface area contributed by atoms with E-state index in [9.17, 15) is 71.2 Å². The number of fused-ring (bicyclic) bond motifs is 7. The summed E-state index contributed by atoms with van der Waals surface area (Å²) >= 11 is 0. The molecule has 29 atom stereocenters. The average molecular weight is 1090 g/mol. The quantitative estimate of drug-likeness (QED) is 0.0632. The summed E-state index contributed by atoms with van der Waals surface area (Å²) < 4.78 is 55.5. The number of ether oxygens (including phenoxy) is 9. The second kappa shape index (κ2) is 19.8. The van der Waals surface area contributed by atoms with Gasteiger partial charge in [-0.15, -0.1) is 0 Å². The summed E-state index contributed by atoms with van der Waals surface area (Å²) in [4.78, 5) is 13.9. The molecule has 0 radical (unpaired) electrons. The maximum Gasteiger partial charge on any atom is 0.317 e. The van der Waals surface area contributed by atoms with E-state index >= 15 is 0 Å². The van der Waals surface area contributed by atoms with Crippen LogP contribution in [0.25, 0.3) is 0 Å². The van der Waals surface area contributed by atoms with Crippen molar-refractivity contribution in [3.05, 3.63) is 11.1 Å². The molecule has 4 saturated carbocycles. The number of aliphatic hydroxyl groups excluding tert-OH is 12. The lowest BCUT2D eigenvalue weighted by Crippen LogP contribution is -2.72. The van der Waals surface area contributed by atoms with Crippen molar-refractivity contribution in [1.82, 2.24) is 0 Å². The van der Waals surface area contributed by atoms with E-state index in [1.165, 1.54) is 6.92 Å². The van der Waals surface area contributed by atoms with Gasteiger partial charge in [-0.2, -0.15) is 0 Å². The van der Waals surface area contributed by atoms with Crippen molar-refractivity contribution in [2.75, 3.05) is 19.8 Å². The summed E-state index contributed by atoms with van der Waals surface area (Å²) in [5.41, 5.74) is -4.01. The molecule has 0 unspecified atom stereocenters. The molecule has 0 aromatic heterocycles. The van der Waals surface area contributed by atoms with Crippen molar-refractivity contribution >= 4 is 5.97 Å². The van der Waals surface area contributed by atoms with Crippen LogP contribution in [0.4, 0.5) is 0 Å². The molecule has 6 aliphatic heterocycles. The lowest BCUT2D eigenvalue weighted by Gasteiger charge is -2.73. The number of carbonyl (C=O) groups is 1. The largest absolute Gasteiger partial charge is 0.455 e. The van der Waals surface area contributed by atoms with Crippen LogP contribution in [-0.2, 0) is 47.4 Å². The molecule has 10 fully saturated rings. The highest BCUT2D eigenvalue weighted by Gasteiger charge is 2.75. The molecular formula is C53H84O23. The lowest BCUT2D eigenvalue weighted by atomic mass is 9.33. The number of aliphatic hydroxyl groups is 13. The fourth-order valence-corrected chi connectivity index (χ4v) is 16.8. The average Bonchev–Trinajstić information content (AvgIpc) is 3.50. The van der Waals surface area contributed by atoms with Crippen molar-refractivity contribution < 1.29 is 114 Å². The SMILES string of the molecule is C[C@@H]1O[C@@H](O[C@H]2[C@H](O[C@H]3CC[C@]4(C)[C@H]5C[C@@H](O)C6=C7[C@]8(CC[C@](C)(OC8=O)[C@@]7(C)O)CC[C@@]6(C)[C@]5(C)CC[C@H]4C3(C)C)OC[C@H](O)[C@@H]2O[C@@H]2O[C@H](CO)[C@@H](O)[C@H](O)[C@H]2O[C@@H]2O[C@H](CO)[C@@H](O)[C@H](O)[C@H]2O)[C@H](O)[C@H](O)[C@H]1O. The standard InChI is InChI=1S/C53H84O23/c1-21-30(58)33(61)36(64)42(69-21)75-40-38(73-45-39(35(63)32(60)25(19-55)71-45)74-43-37(65)34(62)31(59)24(18-54)70-43)23(57)20-68-44(40)72-28-10-11-48(4)26(47(28,2)3)9-12-49(5)27(48)17-22(56)29-41-52(8,67)51(7)14-16-53(41,46(66)76-51)15-13-50(29,49)6/h21-28,30-40,42-45,54-65,67H,9-20H2,1-8H3/t21-,22+,23-,24+,25+,26-,27+,28-,30-,31+,32+,33+,34-,35-,36+,37+,38-,39+,40+,42-,43-,44-,45-,48-,49+,50+,51-,52-,53+/m0/s1. The van der Waals surface area contributed by atoms with E-state index in [4.69, 9.17) is 42.6 Å². The molecule has 23 heteroatoms. The van der Waals surface area contributed by atoms with E-state index < -0.39 is 176 Å². The fourth-order valence-electron chi connectivity index (χ4n) is 16.8. The Morgan fingerprint density at radius 1 is 0.579 bits per heavy atom. The molecule has 76 heavy (non-hydrogen) atoms. The van der Waals surface area contributed by atoms with Gasteiger partial charge >= 0.3 is 5.97 Å². The van der Waals surface area contributed by atoms with Crippen molar-refractivity contribution in [2.45, 2.75) is 253 Å². The Morgan fingerprint density at radius 2 is 1.16 bits per heavy atom. The Labute approximate surface area is 441 Å². The van der Waals surface area contributed by atoms with Gasteiger partial charge in [0.05, 0.1) is 43.5 Å². The molecule has 13 N–H and O–H groups in total. The zero-order valence-corrected chi connectivity index (χ0v) is 44.7. The van der Waals surface area contributed by atoms with Crippen LogP contribution in [0.5, 0.6) is 0 Å². The van der Waals surface area contributed by atoms with Crippen molar-refractivity contribution in [3.8, 4) is 0 Å². The fraction of sp³-hybridized carbons (Fsp3) is 0.943. The summed E-state index contributed by atoms with van der Waals surface area (Å²) in [6.07, 6.45) is -28.3. The van der Waals surface area contributed by atoms with E-state index in [0.29, 0.717) is 50.5 Å². The minimum atomic E-state index is -1.97. The zero-order chi connectivity index (χ0) is 55.4. The minimum Gasteiger partial charge on any atom is -0.455 e. The second-order valence-corrected chi connectivity index (χ2v) is 25.9. The van der Waals surface area contributed by atoms with Gasteiger partial charge in [0.1, 0.15) is 96.7 Å². The Kier molecular flexibility index (Phi) is 15.0. The summed E-state index contributed by atoms with van der Waals surface area (Å²) in [5.74, 6) is -0.316. The van der Waals surface area contributed by atoms with Gasteiger partial charge in [0.25, 0.3) is 0 Å². The first kappa shape index (κ1) is 57.6. The summed E-state index contributed by atoms with van der Waals surface area (Å²) in [6, 6.07) is 0. The van der Waals surface area contributed by atoms with E-state index in [-0.39, 0.29) is 28.6 Å². The summed E-state index contributed by atoms with van der Waals surface area (Å²) in [7, 11) is 0. The third-order valence-electron chi connectivity index (χ3n) is 21.7. The molecule has 1 spiro atoms. The van der Waals surface area contributed by atoms with Crippen LogP contribution in [0.3, 0.4) is 0 Å². The molecule has 0 aromatic rings. The van der Waals surface area contributed by atoms with Crippen LogP contribution in [0, 0.1) is 38.9 Å². The molecule has 0 aromatic carbocycles. The molecule has 434 valence electrons. The first-order valence-electron chi connectivity index (χ1n) is 27.4. The van der Waals surface area contributed by atoms with Crippen LogP contribution < -0.4 is 0 Å². The molecule has 23 nitrogen and oxygen atoms in total. The van der Waals surface area contributed by atoms with Crippen LogP contribution in [-0.4, -0.2) is 232 Å². The van der Waals surface area contributed by atoms with Gasteiger partial charge in [-0.1, -0.05) is 34.6 Å². The summed E-state index contributed by atoms with van der Waals surface area (Å²) in [5, 5.41) is 144. The highest BCUT2D eigenvalue weighted by atomic mass is 16.8. The molecular weight excluding hydrogens is 1000 g/mol. The first-order chi connectivity index (χ1) is 35.5. The Balaban J connectivity index is 0.945. The minimum absolute atomic E-state index is 0.000302. The third-order valence-corrected chi connectivity index (χ3v) is 21.7. The van der Waals surface area contributed by atoms with Crippen LogP contribution in [0.2, 0.25) is 0 Å². The van der Waals surface area contributed by atoms with E-state index in [0.717, 1.165) is 18.4 Å². The Hall–Kier alpha value is -1.63. The van der Waals surface area contributed by atoms with E-state index in [2.05, 4.69) is 34.6 Å². The number of carbonyl (C=O) groups excluding carboxylic acids is 1. The molecule has 11 rings (SSSR count). The van der Waals surface area contributed by atoms with Gasteiger partial charge in [-0.25, -0.2) is 0 Å². The van der Waals surface area contributed by atoms with Crippen molar-refractivity contribution in [2.24, 2.45) is 38.9 Å². The van der Waals surface area contributed by atoms with Gasteiger partial charge in [0.2, 0.25) is 0 Å². The van der Waals surface area contributed by atoms with Gasteiger partial charge in [-0.3, -0.25) is 4.79 Å². The number of esters is 1. The van der Waals surface area contributed by atoms with Gasteiger partial charge < -0.3 is 109 Å². The summed E-state index contributed by atoms with van der Waals surface area (Å²) in [6.45, 7) is 14.0. The van der Waals surface area contributed by atoms with Crippen LogP contribution in [0.15, 0.2) is 11.1 Å². The smallest absolute Gasteiger partial charge is 0.317 e. The van der Waals surface area contributed by atoms with Crippen LogP contribution in [0.1, 0.15) is 113 Å². The normalized spacial score (nSPS) is 57.0. The first-order valence-corrected chi connectivity index (χ1v) is 27.4. The number of hydrogen-bond acceptors (Lipinski definition) is 23. The van der Waals surface area contributed by atoms with Crippen molar-refractivity contribution in [3.63, 3.8) is 0 Å². The van der Waals surface area contributed by atoms with Crippen molar-refractivity contribution in [1.29, 1.82) is 0 Å². The number of hydrogen-bond donors (Lipinski definition) is 13. The zero-order valence-electron chi connectivity index (χ0n) is 44.7. The maximum absolute atomic E-state index is 13.9. The van der Waals surface area contributed by atoms with Crippen LogP contribution >= 0.6 is 0 Å². The molecule has 5 aliphatic carbocycles. The molecule has 6 saturated heterocycles. The predicted molar refractivity (Wildman–Crippen MR) is 256 cm³/mol. The number of rotatable bonds is 10. The molecule has 6 heterocycles.